The maximum absolute atomic E-state index is 12.1. The van der Waals surface area contributed by atoms with E-state index in [-0.39, 0.29) is 28.4 Å². The third kappa shape index (κ3) is 3.94. The number of nitrogens with zero attached hydrogens (tertiary/aromatic N) is 2. The van der Waals surface area contributed by atoms with Crippen molar-refractivity contribution in [2.45, 2.75) is 11.7 Å². The molecule has 0 radical (unpaired) electrons. The molecule has 2 aromatic heterocycles. The van der Waals surface area contributed by atoms with E-state index in [9.17, 15) is 13.2 Å². The first-order valence-corrected chi connectivity index (χ1v) is 11.9. The molecule has 0 spiro atoms. The number of fused-ring (bicyclic) bond motifs is 1. The molecule has 1 atom stereocenters. The Labute approximate surface area is 159 Å². The average molecular weight is 408 g/mol. The van der Waals surface area contributed by atoms with E-state index in [1.807, 2.05) is 46.4 Å². The zero-order valence-corrected chi connectivity index (χ0v) is 16.2. The lowest BCUT2D eigenvalue weighted by Gasteiger charge is -2.08. The first kappa shape index (κ1) is 17.6. The van der Waals surface area contributed by atoms with Gasteiger partial charge in [-0.2, -0.15) is 0 Å². The normalized spacial score (nSPS) is 19.0. The zero-order chi connectivity index (χ0) is 18.1. The van der Waals surface area contributed by atoms with Crippen LogP contribution in [0.2, 0.25) is 0 Å². The monoisotopic (exact) mass is 407 g/mol. The van der Waals surface area contributed by atoms with Crippen LogP contribution < -0.4 is 5.32 Å². The Morgan fingerprint density at radius 3 is 2.85 bits per heavy atom. The van der Waals surface area contributed by atoms with E-state index in [1.165, 1.54) is 11.8 Å². The molecule has 3 heterocycles. The molecule has 1 fully saturated rings. The number of benzene rings is 1. The van der Waals surface area contributed by atoms with Crippen molar-refractivity contribution >= 4 is 49.5 Å². The lowest BCUT2D eigenvalue weighted by Crippen LogP contribution is -2.17. The van der Waals surface area contributed by atoms with Gasteiger partial charge in [-0.3, -0.25) is 9.20 Å². The fourth-order valence-electron chi connectivity index (χ4n) is 2.87. The van der Waals surface area contributed by atoms with E-state index in [0.29, 0.717) is 6.42 Å². The number of hydrogen-bond donors (Lipinski definition) is 1. The first-order valence-electron chi connectivity index (χ1n) is 8.13. The highest BCUT2D eigenvalue weighted by atomic mass is 32.2. The summed E-state index contributed by atoms with van der Waals surface area (Å²) in [6, 6.07) is 7.56. The summed E-state index contributed by atoms with van der Waals surface area (Å²) in [7, 11) is -2.90. The molecule has 0 bridgehead atoms. The number of aromatic nitrogens is 2. The van der Waals surface area contributed by atoms with Crippen LogP contribution in [0.4, 0.5) is 5.69 Å². The van der Waals surface area contributed by atoms with Crippen LogP contribution in [-0.4, -0.2) is 46.2 Å². The number of nitrogens with one attached hydrogen (secondary N) is 1. The van der Waals surface area contributed by atoms with Crippen molar-refractivity contribution in [2.75, 3.05) is 22.6 Å². The molecule has 4 rings (SSSR count). The number of anilines is 1. The predicted octanol–water partition coefficient (Wildman–Crippen LogP) is 2.92. The Hall–Kier alpha value is -1.84. The zero-order valence-electron chi connectivity index (χ0n) is 13.8. The highest BCUT2D eigenvalue weighted by Crippen LogP contribution is 2.25. The van der Waals surface area contributed by atoms with Gasteiger partial charge < -0.3 is 5.32 Å². The SMILES string of the molecule is O=C(CSC1CCS(=O)(=O)C1)Nc1ccc(-c2cn3ccsc3n2)cc1. The Morgan fingerprint density at radius 2 is 2.15 bits per heavy atom. The largest absolute Gasteiger partial charge is 0.325 e. The van der Waals surface area contributed by atoms with Crippen molar-refractivity contribution in [3.8, 4) is 11.3 Å². The standard InChI is InChI=1S/C17H17N3O3S3/c21-16(10-25-14-5-8-26(22,23)11-14)18-13-3-1-12(2-4-13)15-9-20-6-7-24-17(20)19-15/h1-4,6-7,9,14H,5,8,10-11H2,(H,18,21). The lowest BCUT2D eigenvalue weighted by molar-refractivity contribution is -0.113. The summed E-state index contributed by atoms with van der Waals surface area (Å²) >= 11 is 3.00. The summed E-state index contributed by atoms with van der Waals surface area (Å²) in [5.74, 6) is 0.565. The van der Waals surface area contributed by atoms with Gasteiger partial charge in [-0.15, -0.1) is 23.1 Å². The maximum atomic E-state index is 12.1. The van der Waals surface area contributed by atoms with Crippen LogP contribution in [0, 0.1) is 0 Å². The molecule has 26 heavy (non-hydrogen) atoms. The minimum absolute atomic E-state index is 0.0305. The molecule has 9 heteroatoms. The van der Waals surface area contributed by atoms with Gasteiger partial charge in [0.15, 0.2) is 14.8 Å². The third-order valence-corrected chi connectivity index (χ3v) is 8.25. The van der Waals surface area contributed by atoms with E-state index < -0.39 is 9.84 Å². The minimum Gasteiger partial charge on any atom is -0.325 e. The number of imidazole rings is 1. The molecule has 1 aliphatic heterocycles. The molecule has 1 aliphatic rings. The Kier molecular flexibility index (Phi) is 4.76. The second kappa shape index (κ2) is 7.05. The molecule has 0 aliphatic carbocycles. The Balaban J connectivity index is 1.33. The highest BCUT2D eigenvalue weighted by molar-refractivity contribution is 8.02. The number of rotatable bonds is 5. The predicted molar refractivity (Wildman–Crippen MR) is 107 cm³/mol. The molecule has 0 saturated carbocycles. The number of hydrogen-bond acceptors (Lipinski definition) is 6. The van der Waals surface area contributed by atoms with Crippen LogP contribution in [0.25, 0.3) is 16.2 Å². The van der Waals surface area contributed by atoms with Gasteiger partial charge in [0, 0.05) is 34.3 Å². The molecule has 1 unspecified atom stereocenters. The van der Waals surface area contributed by atoms with E-state index in [4.69, 9.17) is 0 Å². The lowest BCUT2D eigenvalue weighted by atomic mass is 10.1. The number of sulfone groups is 1. The van der Waals surface area contributed by atoms with E-state index in [0.717, 1.165) is 21.9 Å². The molecule has 6 nitrogen and oxygen atoms in total. The fraction of sp³-hybridized carbons (Fsp3) is 0.294. The molecule has 1 amide bonds. The second-order valence-corrected chi connectivity index (χ2v) is 10.6. The Morgan fingerprint density at radius 1 is 1.35 bits per heavy atom. The van der Waals surface area contributed by atoms with Gasteiger partial charge in [0.2, 0.25) is 5.91 Å². The fourth-order valence-corrected chi connectivity index (χ4v) is 7.02. The number of carbonyl (C=O) groups excluding carboxylic acids is 1. The summed E-state index contributed by atoms with van der Waals surface area (Å²) < 4.78 is 24.9. The second-order valence-electron chi connectivity index (χ2n) is 6.18. The third-order valence-electron chi connectivity index (χ3n) is 4.20. The van der Waals surface area contributed by atoms with Crippen molar-refractivity contribution in [1.82, 2.24) is 9.38 Å². The molecule has 1 saturated heterocycles. The molecule has 136 valence electrons. The topological polar surface area (TPSA) is 80.5 Å². The van der Waals surface area contributed by atoms with Crippen molar-refractivity contribution < 1.29 is 13.2 Å². The number of amides is 1. The summed E-state index contributed by atoms with van der Waals surface area (Å²) in [6.07, 6.45) is 4.58. The van der Waals surface area contributed by atoms with Gasteiger partial charge in [0.05, 0.1) is 23.0 Å². The quantitative estimate of drug-likeness (QED) is 0.703. The van der Waals surface area contributed by atoms with Crippen molar-refractivity contribution in [3.63, 3.8) is 0 Å². The maximum Gasteiger partial charge on any atom is 0.234 e. The minimum atomic E-state index is -2.90. The number of thioether (sulfide) groups is 1. The average Bonchev–Trinajstić information content (AvgIpc) is 3.28. The van der Waals surface area contributed by atoms with Gasteiger partial charge in [0.1, 0.15) is 0 Å². The van der Waals surface area contributed by atoms with Gasteiger partial charge in [0.25, 0.3) is 0 Å². The number of thiazole rings is 1. The van der Waals surface area contributed by atoms with Gasteiger partial charge >= 0.3 is 0 Å². The van der Waals surface area contributed by atoms with Crippen LogP contribution in [0.15, 0.2) is 42.0 Å². The van der Waals surface area contributed by atoms with E-state index in [1.54, 1.807) is 11.3 Å². The first-order chi connectivity index (χ1) is 12.5. The van der Waals surface area contributed by atoms with Crippen molar-refractivity contribution in [2.24, 2.45) is 0 Å². The summed E-state index contributed by atoms with van der Waals surface area (Å²) in [5.41, 5.74) is 2.61. The van der Waals surface area contributed by atoms with Crippen LogP contribution in [0.5, 0.6) is 0 Å². The van der Waals surface area contributed by atoms with Crippen molar-refractivity contribution in [3.05, 3.63) is 42.0 Å². The van der Waals surface area contributed by atoms with Crippen LogP contribution in [-0.2, 0) is 14.6 Å². The van der Waals surface area contributed by atoms with Crippen LogP contribution >= 0.6 is 23.1 Å². The van der Waals surface area contributed by atoms with Gasteiger partial charge in [-0.05, 0) is 18.6 Å². The molecular weight excluding hydrogens is 390 g/mol. The summed E-state index contributed by atoms with van der Waals surface area (Å²) in [4.78, 5) is 17.6. The van der Waals surface area contributed by atoms with Gasteiger partial charge in [-0.1, -0.05) is 12.1 Å². The van der Waals surface area contributed by atoms with E-state index in [2.05, 4.69) is 10.3 Å². The summed E-state index contributed by atoms with van der Waals surface area (Å²) in [5, 5.41) is 4.87. The van der Waals surface area contributed by atoms with Crippen LogP contribution in [0.1, 0.15) is 6.42 Å². The highest BCUT2D eigenvalue weighted by Gasteiger charge is 2.28. The van der Waals surface area contributed by atoms with Gasteiger partial charge in [-0.25, -0.2) is 13.4 Å². The summed E-state index contributed by atoms with van der Waals surface area (Å²) in [6.45, 7) is 0. The molecule has 1 N–H and O–H groups in total. The smallest absolute Gasteiger partial charge is 0.234 e. The molecule has 3 aromatic rings. The van der Waals surface area contributed by atoms with Crippen molar-refractivity contribution in [1.29, 1.82) is 0 Å². The van der Waals surface area contributed by atoms with Crippen LogP contribution in [0.3, 0.4) is 0 Å². The molecular formula is C17H17N3O3S3. The number of carbonyl (C=O) groups is 1. The van der Waals surface area contributed by atoms with E-state index >= 15 is 0 Å². The molecule has 1 aromatic carbocycles. The Bertz CT molecular complexity index is 1010.